The highest BCUT2D eigenvalue weighted by atomic mass is 32.1. The molecule has 42 heavy (non-hydrogen) atoms. The van der Waals surface area contributed by atoms with Gasteiger partial charge in [0.25, 0.3) is 5.91 Å². The topological polar surface area (TPSA) is 101 Å². The van der Waals surface area contributed by atoms with Gasteiger partial charge in [0.1, 0.15) is 5.69 Å². The molecule has 0 spiro atoms. The maximum atomic E-state index is 14.0. The molecule has 2 amide bonds. The van der Waals surface area contributed by atoms with E-state index in [0.29, 0.717) is 22.6 Å². The number of fused-ring (bicyclic) bond motifs is 1. The van der Waals surface area contributed by atoms with Crippen LogP contribution in [0.25, 0.3) is 5.65 Å². The Bertz CT molecular complexity index is 1420. The molecule has 228 valence electrons. The number of amides is 2. The van der Waals surface area contributed by atoms with Crippen molar-refractivity contribution in [1.29, 1.82) is 0 Å². The highest BCUT2D eigenvalue weighted by Crippen LogP contribution is 2.43. The average molecular weight is 613 g/mol. The Balaban J connectivity index is 1.40. The number of hydrogen-bond donors (Lipinski definition) is 2. The SMILES string of the molecule is CC(C)c1scnc1C(=O)N[C@H](c1cn2ncc([C@H](NC(=O)CCC(F)(F)F)C3CC3)cc2n1)C1CCC(F)(F)CC1. The lowest BCUT2D eigenvalue weighted by Crippen LogP contribution is -2.37. The van der Waals surface area contributed by atoms with E-state index in [4.69, 9.17) is 4.98 Å². The van der Waals surface area contributed by atoms with Crippen LogP contribution in [0.3, 0.4) is 0 Å². The number of hydrogen-bond acceptors (Lipinski definition) is 6. The molecule has 2 saturated carbocycles. The second-order valence-electron chi connectivity index (χ2n) is 11.6. The molecule has 3 aromatic rings. The van der Waals surface area contributed by atoms with Crippen LogP contribution in [0, 0.1) is 11.8 Å². The minimum atomic E-state index is -4.42. The summed E-state index contributed by atoms with van der Waals surface area (Å²) in [6.07, 6.45) is -1.61. The molecule has 2 atom stereocenters. The Kier molecular flexibility index (Phi) is 8.55. The molecule has 0 aromatic carbocycles. The zero-order valence-corrected chi connectivity index (χ0v) is 24.1. The highest BCUT2D eigenvalue weighted by molar-refractivity contribution is 7.10. The van der Waals surface area contributed by atoms with E-state index in [1.165, 1.54) is 15.9 Å². The molecule has 0 saturated heterocycles. The summed E-state index contributed by atoms with van der Waals surface area (Å²) in [4.78, 5) is 35.4. The monoisotopic (exact) mass is 612 g/mol. The second kappa shape index (κ2) is 11.8. The number of imidazole rings is 1. The lowest BCUT2D eigenvalue weighted by molar-refractivity contribution is -0.144. The van der Waals surface area contributed by atoms with Gasteiger partial charge in [0.05, 0.1) is 42.1 Å². The Morgan fingerprint density at radius 3 is 2.43 bits per heavy atom. The van der Waals surface area contributed by atoms with Crippen LogP contribution in [0.1, 0.15) is 110 Å². The number of aromatic nitrogens is 4. The summed E-state index contributed by atoms with van der Waals surface area (Å²) < 4.78 is 67.4. The van der Waals surface area contributed by atoms with Gasteiger partial charge in [-0.25, -0.2) is 23.3 Å². The Morgan fingerprint density at radius 2 is 1.79 bits per heavy atom. The molecule has 0 bridgehead atoms. The molecule has 3 aromatic heterocycles. The van der Waals surface area contributed by atoms with Gasteiger partial charge >= 0.3 is 6.18 Å². The summed E-state index contributed by atoms with van der Waals surface area (Å²) in [5.41, 5.74) is 3.40. The summed E-state index contributed by atoms with van der Waals surface area (Å²) in [5.74, 6) is -3.95. The van der Waals surface area contributed by atoms with E-state index < -0.39 is 48.8 Å². The van der Waals surface area contributed by atoms with Gasteiger partial charge in [-0.05, 0) is 55.1 Å². The normalized spacial score (nSPS) is 19.1. The smallest absolute Gasteiger partial charge is 0.349 e. The molecular formula is C28H33F5N6O2S. The lowest BCUT2D eigenvalue weighted by atomic mass is 9.81. The largest absolute Gasteiger partial charge is 0.389 e. The van der Waals surface area contributed by atoms with E-state index in [1.54, 1.807) is 24.0 Å². The van der Waals surface area contributed by atoms with Crippen molar-refractivity contribution in [1.82, 2.24) is 30.2 Å². The van der Waals surface area contributed by atoms with Crippen molar-refractivity contribution in [2.75, 3.05) is 0 Å². The van der Waals surface area contributed by atoms with Crippen LogP contribution in [0.5, 0.6) is 0 Å². The molecule has 2 N–H and O–H groups in total. The molecule has 0 unspecified atom stereocenters. The maximum Gasteiger partial charge on any atom is 0.389 e. The van der Waals surface area contributed by atoms with Crippen LogP contribution in [0.15, 0.2) is 24.0 Å². The van der Waals surface area contributed by atoms with Crippen LogP contribution >= 0.6 is 11.3 Å². The molecule has 0 radical (unpaired) electrons. The van der Waals surface area contributed by atoms with Gasteiger partial charge in [-0.2, -0.15) is 18.3 Å². The number of nitrogens with zero attached hydrogens (tertiary/aromatic N) is 4. The zero-order valence-electron chi connectivity index (χ0n) is 23.3. The quantitative estimate of drug-likeness (QED) is 0.254. The van der Waals surface area contributed by atoms with Crippen LogP contribution in [-0.4, -0.2) is 43.5 Å². The predicted octanol–water partition coefficient (Wildman–Crippen LogP) is 6.52. The zero-order chi connectivity index (χ0) is 30.2. The van der Waals surface area contributed by atoms with Gasteiger partial charge in [0.2, 0.25) is 11.8 Å². The van der Waals surface area contributed by atoms with E-state index in [1.807, 2.05) is 13.8 Å². The van der Waals surface area contributed by atoms with Gasteiger partial charge in [0.15, 0.2) is 5.65 Å². The molecule has 3 heterocycles. The third-order valence-corrected chi connectivity index (χ3v) is 9.07. The van der Waals surface area contributed by atoms with Crippen molar-refractivity contribution >= 4 is 28.8 Å². The van der Waals surface area contributed by atoms with Gasteiger partial charge in [0, 0.05) is 24.1 Å². The predicted molar refractivity (Wildman–Crippen MR) is 145 cm³/mol. The van der Waals surface area contributed by atoms with Crippen molar-refractivity contribution in [3.05, 3.63) is 45.8 Å². The first-order chi connectivity index (χ1) is 19.8. The lowest BCUT2D eigenvalue weighted by Gasteiger charge is -2.33. The minimum Gasteiger partial charge on any atom is -0.349 e. The second-order valence-corrected chi connectivity index (χ2v) is 12.5. The van der Waals surface area contributed by atoms with Gasteiger partial charge in [-0.1, -0.05) is 13.8 Å². The summed E-state index contributed by atoms with van der Waals surface area (Å²) in [6.45, 7) is 3.92. The number of halogens is 5. The number of alkyl halides is 5. The first kappa shape index (κ1) is 30.3. The van der Waals surface area contributed by atoms with E-state index in [9.17, 15) is 31.5 Å². The highest BCUT2D eigenvalue weighted by Gasteiger charge is 2.40. The Hall–Kier alpha value is -3.16. The van der Waals surface area contributed by atoms with Crippen molar-refractivity contribution in [3.63, 3.8) is 0 Å². The number of rotatable bonds is 10. The van der Waals surface area contributed by atoms with E-state index >= 15 is 0 Å². The molecule has 2 aliphatic carbocycles. The molecule has 8 nitrogen and oxygen atoms in total. The fourth-order valence-electron chi connectivity index (χ4n) is 5.51. The van der Waals surface area contributed by atoms with E-state index in [0.717, 1.165) is 17.7 Å². The van der Waals surface area contributed by atoms with Crippen LogP contribution in [0.4, 0.5) is 22.0 Å². The molecule has 2 fully saturated rings. The Morgan fingerprint density at radius 1 is 1.10 bits per heavy atom. The fourth-order valence-corrected chi connectivity index (χ4v) is 6.31. The first-order valence-electron chi connectivity index (χ1n) is 14.1. The van der Waals surface area contributed by atoms with E-state index in [2.05, 4.69) is 20.7 Å². The molecule has 5 rings (SSSR count). The van der Waals surface area contributed by atoms with Gasteiger partial charge < -0.3 is 10.6 Å². The van der Waals surface area contributed by atoms with E-state index in [-0.39, 0.29) is 43.4 Å². The number of carbonyl (C=O) groups is 2. The maximum absolute atomic E-state index is 14.0. The summed E-state index contributed by atoms with van der Waals surface area (Å²) in [5, 5.41) is 10.2. The molecule has 14 heteroatoms. The summed E-state index contributed by atoms with van der Waals surface area (Å²) >= 11 is 1.38. The number of thiazole rings is 1. The van der Waals surface area contributed by atoms with Crippen molar-refractivity contribution in [3.8, 4) is 0 Å². The average Bonchev–Trinajstić information content (AvgIpc) is 3.47. The van der Waals surface area contributed by atoms with Crippen LogP contribution < -0.4 is 10.6 Å². The Labute approximate surface area is 243 Å². The molecule has 2 aliphatic rings. The first-order valence-corrected chi connectivity index (χ1v) is 15.0. The standard InChI is InChI=1S/C28H33F5N6O2S/c1-15(2)25-24(34-14-42-25)26(41)38-23(17-5-8-27(29,30)9-6-17)19-13-39-20(36-19)11-18(12-35-39)22(16-3-4-16)37-21(40)7-10-28(31,32)33/h11-17,22-23H,3-10H2,1-2H3,(H,37,40)(H,38,41)/t22-,23+/m1/s1. The van der Waals surface area contributed by atoms with Gasteiger partial charge in [-0.15, -0.1) is 11.3 Å². The molecule has 0 aliphatic heterocycles. The van der Waals surface area contributed by atoms with Crippen molar-refractivity contribution < 1.29 is 31.5 Å². The third kappa shape index (κ3) is 7.24. The van der Waals surface area contributed by atoms with Crippen molar-refractivity contribution in [2.45, 2.75) is 95.3 Å². The molecular weight excluding hydrogens is 579 g/mol. The van der Waals surface area contributed by atoms with Crippen LogP contribution in [-0.2, 0) is 4.79 Å². The summed E-state index contributed by atoms with van der Waals surface area (Å²) in [7, 11) is 0. The number of nitrogens with one attached hydrogen (secondary N) is 2. The minimum absolute atomic E-state index is 0.0799. The third-order valence-electron chi connectivity index (χ3n) is 7.94. The number of carbonyl (C=O) groups excluding carboxylic acids is 2. The van der Waals surface area contributed by atoms with Crippen molar-refractivity contribution in [2.24, 2.45) is 11.8 Å². The summed E-state index contributed by atoms with van der Waals surface area (Å²) in [6, 6.07) is 0.551. The fraction of sp³-hybridized carbons (Fsp3) is 0.607. The van der Waals surface area contributed by atoms with Crippen LogP contribution in [0.2, 0.25) is 0 Å². The van der Waals surface area contributed by atoms with Gasteiger partial charge in [-0.3, -0.25) is 9.59 Å².